The van der Waals surface area contributed by atoms with Crippen molar-refractivity contribution in [2.75, 3.05) is 20.8 Å². The Labute approximate surface area is 181 Å². The summed E-state index contributed by atoms with van der Waals surface area (Å²) in [6.45, 7) is 13.3. The molecule has 30 heavy (non-hydrogen) atoms. The van der Waals surface area contributed by atoms with Gasteiger partial charge in [0.25, 0.3) is 0 Å². The molecule has 1 fully saturated rings. The number of benzene rings is 1. The number of hydrogen-bond acceptors (Lipinski definition) is 7. The fourth-order valence-electron chi connectivity index (χ4n) is 3.16. The fraction of sp³-hybridized carbons (Fsp3) is 0.682. The van der Waals surface area contributed by atoms with Crippen LogP contribution in [0.15, 0.2) is 24.3 Å². The van der Waals surface area contributed by atoms with E-state index >= 15 is 0 Å². The van der Waals surface area contributed by atoms with Crippen molar-refractivity contribution in [2.24, 2.45) is 0 Å². The Morgan fingerprint density at radius 2 is 1.83 bits per heavy atom. The Hall–Kier alpha value is -1.45. The zero-order valence-corrected chi connectivity index (χ0v) is 20.6. The number of carbonyl (C=O) groups is 1. The third-order valence-electron chi connectivity index (χ3n) is 6.03. The molecule has 0 saturated carbocycles. The molecule has 0 N–H and O–H groups in total. The van der Waals surface area contributed by atoms with E-state index in [9.17, 15) is 4.79 Å². The fourth-order valence-corrected chi connectivity index (χ4v) is 4.07. The number of methoxy groups -OCH3 is 2. The van der Waals surface area contributed by atoms with Gasteiger partial charge in [-0.25, -0.2) is 4.84 Å². The van der Waals surface area contributed by atoms with Crippen LogP contribution in [0.5, 0.6) is 5.75 Å². The second kappa shape index (κ2) is 10.2. The Bertz CT molecular complexity index is 688. The molecule has 0 bridgehead atoms. The van der Waals surface area contributed by atoms with Gasteiger partial charge >= 0.3 is 5.97 Å². The molecule has 1 aromatic rings. The number of ether oxygens (including phenoxy) is 3. The minimum Gasteiger partial charge on any atom is -0.497 e. The predicted octanol–water partition coefficient (Wildman–Crippen LogP) is 4.65. The van der Waals surface area contributed by atoms with Crippen LogP contribution in [-0.4, -0.2) is 52.7 Å². The maximum Gasteiger partial charge on any atom is 0.307 e. The highest BCUT2D eigenvalue weighted by atomic mass is 28.4. The van der Waals surface area contributed by atoms with Gasteiger partial charge in [-0.3, -0.25) is 4.79 Å². The minimum atomic E-state index is -2.22. The maximum absolute atomic E-state index is 12.3. The number of esters is 1. The first-order valence-corrected chi connectivity index (χ1v) is 13.4. The zero-order chi connectivity index (χ0) is 22.5. The van der Waals surface area contributed by atoms with Crippen LogP contribution >= 0.6 is 0 Å². The molecule has 170 valence electrons. The van der Waals surface area contributed by atoms with Gasteiger partial charge in [-0.2, -0.15) is 0 Å². The summed E-state index contributed by atoms with van der Waals surface area (Å²) >= 11 is 0. The quantitative estimate of drug-likeness (QED) is 0.431. The second-order valence-electron chi connectivity index (χ2n) is 9.09. The van der Waals surface area contributed by atoms with Gasteiger partial charge in [-0.05, 0) is 42.8 Å². The van der Waals surface area contributed by atoms with E-state index in [0.29, 0.717) is 13.0 Å². The second-order valence-corrected chi connectivity index (χ2v) is 13.8. The standard InChI is InChI=1S/C22H37NO6Si/c1-9-27-21-14-18(16-10-12-17(25-5)13-11-16)19(15-20(24)26-6)23(28-21)29-30(7,8)22(2,3)4/h10-13,18-19,21H,9,14-15H2,1-8H3/t18-,19-,21+/m0/s1. The zero-order valence-electron chi connectivity index (χ0n) is 19.6. The van der Waals surface area contributed by atoms with E-state index in [4.69, 9.17) is 23.6 Å². The van der Waals surface area contributed by atoms with Crippen molar-refractivity contribution >= 4 is 14.3 Å². The number of carbonyl (C=O) groups excluding carboxylic acids is 1. The van der Waals surface area contributed by atoms with Crippen LogP contribution in [0, 0.1) is 0 Å². The SMILES string of the molecule is CCO[C@H]1C[C@@H](c2ccc(OC)cc2)[C@H](CC(=O)OC)N(O[Si](C)(C)C(C)(C)C)O1. The van der Waals surface area contributed by atoms with E-state index in [1.807, 2.05) is 31.2 Å². The third kappa shape index (κ3) is 6.04. The van der Waals surface area contributed by atoms with Crippen molar-refractivity contribution in [3.8, 4) is 5.75 Å². The molecule has 0 radical (unpaired) electrons. The van der Waals surface area contributed by atoms with Crippen LogP contribution in [0.25, 0.3) is 0 Å². The summed E-state index contributed by atoms with van der Waals surface area (Å²) in [6, 6.07) is 7.56. The highest BCUT2D eigenvalue weighted by Gasteiger charge is 2.47. The Morgan fingerprint density at radius 3 is 2.33 bits per heavy atom. The predicted molar refractivity (Wildman–Crippen MR) is 117 cm³/mol. The monoisotopic (exact) mass is 439 g/mol. The largest absolute Gasteiger partial charge is 0.497 e. The normalized spacial score (nSPS) is 23.3. The summed E-state index contributed by atoms with van der Waals surface area (Å²) in [7, 11) is 0.822. The number of hydroxylamine groups is 2. The van der Waals surface area contributed by atoms with Crippen molar-refractivity contribution in [1.82, 2.24) is 5.23 Å². The lowest BCUT2D eigenvalue weighted by Gasteiger charge is -2.47. The Morgan fingerprint density at radius 1 is 1.20 bits per heavy atom. The van der Waals surface area contributed by atoms with Crippen LogP contribution in [0.4, 0.5) is 0 Å². The summed E-state index contributed by atoms with van der Waals surface area (Å²) in [4.78, 5) is 18.4. The van der Waals surface area contributed by atoms with E-state index in [-0.39, 0.29) is 29.4 Å². The molecule has 7 nitrogen and oxygen atoms in total. The van der Waals surface area contributed by atoms with E-state index in [1.54, 1.807) is 7.11 Å². The molecule has 1 aliphatic heterocycles. The molecule has 1 aromatic carbocycles. The first-order valence-electron chi connectivity index (χ1n) is 10.5. The van der Waals surface area contributed by atoms with E-state index in [1.165, 1.54) is 12.3 Å². The average Bonchev–Trinajstić information content (AvgIpc) is 2.68. The lowest BCUT2D eigenvalue weighted by atomic mass is 9.86. The molecule has 0 amide bonds. The van der Waals surface area contributed by atoms with Gasteiger partial charge in [0.1, 0.15) is 5.75 Å². The summed E-state index contributed by atoms with van der Waals surface area (Å²) < 4.78 is 22.6. The van der Waals surface area contributed by atoms with Crippen molar-refractivity contribution in [3.05, 3.63) is 29.8 Å². The van der Waals surface area contributed by atoms with Gasteiger partial charge in [0.05, 0.1) is 26.7 Å². The van der Waals surface area contributed by atoms with Crippen LogP contribution in [-0.2, 0) is 23.6 Å². The third-order valence-corrected chi connectivity index (χ3v) is 10.3. The number of nitrogens with zero attached hydrogens (tertiary/aromatic N) is 1. The van der Waals surface area contributed by atoms with Gasteiger partial charge in [-0.15, -0.1) is 0 Å². The summed E-state index contributed by atoms with van der Waals surface area (Å²) in [5, 5.41) is 1.51. The molecule has 1 aliphatic rings. The molecule has 0 spiro atoms. The van der Waals surface area contributed by atoms with Crippen molar-refractivity contribution < 1.29 is 28.4 Å². The van der Waals surface area contributed by atoms with E-state index < -0.39 is 14.6 Å². The molecule has 0 aliphatic carbocycles. The molecule has 0 unspecified atom stereocenters. The van der Waals surface area contributed by atoms with Gasteiger partial charge in [0.15, 0.2) is 6.29 Å². The molecular formula is C22H37NO6Si. The van der Waals surface area contributed by atoms with Crippen molar-refractivity contribution in [3.63, 3.8) is 0 Å². The van der Waals surface area contributed by atoms with E-state index in [0.717, 1.165) is 11.3 Å². The maximum atomic E-state index is 12.3. The van der Waals surface area contributed by atoms with Gasteiger partial charge in [0, 0.05) is 18.9 Å². The van der Waals surface area contributed by atoms with Crippen LogP contribution in [0.3, 0.4) is 0 Å². The molecule has 1 saturated heterocycles. The highest BCUT2D eigenvalue weighted by Crippen LogP contribution is 2.42. The summed E-state index contributed by atoms with van der Waals surface area (Å²) in [5.74, 6) is 0.442. The van der Waals surface area contributed by atoms with Gasteiger partial charge in [0.2, 0.25) is 8.32 Å². The van der Waals surface area contributed by atoms with Crippen molar-refractivity contribution in [1.29, 1.82) is 0 Å². The molecule has 0 aromatic heterocycles. The number of hydrogen-bond donors (Lipinski definition) is 0. The Kier molecular flexibility index (Phi) is 8.47. The first-order chi connectivity index (χ1) is 14.0. The average molecular weight is 440 g/mol. The van der Waals surface area contributed by atoms with Gasteiger partial charge in [-0.1, -0.05) is 38.1 Å². The van der Waals surface area contributed by atoms with Gasteiger partial charge < -0.3 is 18.7 Å². The first kappa shape index (κ1) is 24.8. The van der Waals surface area contributed by atoms with Crippen LogP contribution in [0.2, 0.25) is 18.1 Å². The Balaban J connectivity index is 2.42. The topological polar surface area (TPSA) is 66.5 Å². The number of rotatable bonds is 8. The van der Waals surface area contributed by atoms with Crippen molar-refractivity contribution in [2.45, 2.75) is 76.9 Å². The molecule has 1 heterocycles. The molecule has 8 heteroatoms. The lowest BCUT2D eigenvalue weighted by Crippen LogP contribution is -2.55. The molecule has 3 atom stereocenters. The molecule has 2 rings (SSSR count). The minimum absolute atomic E-state index is 0.0274. The van der Waals surface area contributed by atoms with Crippen LogP contribution < -0.4 is 4.74 Å². The summed E-state index contributed by atoms with van der Waals surface area (Å²) in [6.07, 6.45) is 0.306. The molecular weight excluding hydrogens is 402 g/mol. The smallest absolute Gasteiger partial charge is 0.307 e. The van der Waals surface area contributed by atoms with Crippen LogP contribution in [0.1, 0.15) is 52.0 Å². The lowest BCUT2D eigenvalue weighted by molar-refractivity contribution is -0.426. The highest BCUT2D eigenvalue weighted by molar-refractivity contribution is 6.74. The van der Waals surface area contributed by atoms with E-state index in [2.05, 4.69) is 33.9 Å². The summed E-state index contributed by atoms with van der Waals surface area (Å²) in [5.41, 5.74) is 1.07.